The first-order chi connectivity index (χ1) is 8.79. The molecule has 0 radical (unpaired) electrons. The maximum Gasteiger partial charge on any atom is 0.227 e. The van der Waals surface area contributed by atoms with Gasteiger partial charge in [0, 0.05) is 25.4 Å². The molecule has 0 aromatic carbocycles. The number of nitrogens with one attached hydrogen (secondary N) is 1. The molecule has 0 spiro atoms. The molecule has 98 valence electrons. The van der Waals surface area contributed by atoms with Crippen molar-refractivity contribution in [1.29, 1.82) is 0 Å². The summed E-state index contributed by atoms with van der Waals surface area (Å²) in [6.45, 7) is 0.762. The van der Waals surface area contributed by atoms with E-state index in [1.165, 1.54) is 5.57 Å². The average molecular weight is 249 g/mol. The Balaban J connectivity index is 1.93. The minimum atomic E-state index is -0.0223. The number of imidazole rings is 1. The van der Waals surface area contributed by atoms with Gasteiger partial charge in [-0.05, 0) is 19.3 Å². The Bertz CT molecular complexity index is 412. The summed E-state index contributed by atoms with van der Waals surface area (Å²) in [6, 6.07) is 0. The number of rotatable bonds is 6. The Labute approximate surface area is 107 Å². The highest BCUT2D eigenvalue weighted by Gasteiger charge is 2.17. The summed E-state index contributed by atoms with van der Waals surface area (Å²) in [7, 11) is 0. The lowest BCUT2D eigenvalue weighted by Gasteiger charge is -2.21. The van der Waals surface area contributed by atoms with Crippen LogP contribution in [0.5, 0.6) is 0 Å². The molecule has 1 aliphatic carbocycles. The molecular formula is C13H19N3O2. The van der Waals surface area contributed by atoms with E-state index in [1.54, 1.807) is 17.3 Å². The van der Waals surface area contributed by atoms with E-state index in [-0.39, 0.29) is 12.5 Å². The lowest BCUT2D eigenvalue weighted by atomic mass is 10.1. The van der Waals surface area contributed by atoms with Crippen molar-refractivity contribution in [3.8, 4) is 0 Å². The van der Waals surface area contributed by atoms with Crippen LogP contribution in [-0.4, -0.2) is 39.0 Å². The van der Waals surface area contributed by atoms with E-state index in [1.807, 2.05) is 0 Å². The minimum Gasteiger partial charge on any atom is -0.395 e. The van der Waals surface area contributed by atoms with E-state index < -0.39 is 0 Å². The SMILES string of the molecule is O=C(CC1=CCCC1)N(CCO)Cc1ncc[nH]1. The van der Waals surface area contributed by atoms with Crippen LogP contribution in [0.3, 0.4) is 0 Å². The van der Waals surface area contributed by atoms with E-state index >= 15 is 0 Å². The summed E-state index contributed by atoms with van der Waals surface area (Å²) < 4.78 is 0. The van der Waals surface area contributed by atoms with Gasteiger partial charge in [-0.3, -0.25) is 4.79 Å². The summed E-state index contributed by atoms with van der Waals surface area (Å²) in [6.07, 6.45) is 9.29. The maximum atomic E-state index is 12.1. The van der Waals surface area contributed by atoms with Gasteiger partial charge in [0.1, 0.15) is 5.82 Å². The number of aromatic nitrogens is 2. The second kappa shape index (κ2) is 6.35. The molecule has 2 N–H and O–H groups in total. The molecule has 0 bridgehead atoms. The van der Waals surface area contributed by atoms with Crippen molar-refractivity contribution in [2.75, 3.05) is 13.2 Å². The molecule has 0 unspecified atom stereocenters. The monoisotopic (exact) mass is 249 g/mol. The van der Waals surface area contributed by atoms with Gasteiger partial charge < -0.3 is 15.0 Å². The van der Waals surface area contributed by atoms with Crippen molar-refractivity contribution in [2.24, 2.45) is 0 Å². The predicted octanol–water partition coefficient (Wildman–Crippen LogP) is 1.23. The van der Waals surface area contributed by atoms with E-state index in [4.69, 9.17) is 5.11 Å². The van der Waals surface area contributed by atoms with Crippen LogP contribution in [0.2, 0.25) is 0 Å². The normalized spacial score (nSPS) is 14.6. The topological polar surface area (TPSA) is 69.2 Å². The molecule has 0 atom stereocenters. The molecule has 2 rings (SSSR count). The number of carbonyl (C=O) groups is 1. The molecule has 1 aromatic rings. The smallest absolute Gasteiger partial charge is 0.227 e. The van der Waals surface area contributed by atoms with Crippen molar-refractivity contribution in [1.82, 2.24) is 14.9 Å². The van der Waals surface area contributed by atoms with Crippen molar-refractivity contribution in [2.45, 2.75) is 32.2 Å². The molecule has 0 aliphatic heterocycles. The fourth-order valence-corrected chi connectivity index (χ4v) is 2.18. The molecule has 5 heteroatoms. The summed E-state index contributed by atoms with van der Waals surface area (Å²) in [5.74, 6) is 0.811. The first-order valence-corrected chi connectivity index (χ1v) is 6.34. The molecule has 1 aliphatic rings. The lowest BCUT2D eigenvalue weighted by Crippen LogP contribution is -2.33. The Kier molecular flexibility index (Phi) is 4.52. The Morgan fingerprint density at radius 2 is 2.44 bits per heavy atom. The molecule has 1 heterocycles. The zero-order valence-electron chi connectivity index (χ0n) is 10.4. The van der Waals surface area contributed by atoms with Crippen LogP contribution in [-0.2, 0) is 11.3 Å². The number of hydrogen-bond donors (Lipinski definition) is 2. The van der Waals surface area contributed by atoms with Crippen LogP contribution in [0.25, 0.3) is 0 Å². The number of amides is 1. The van der Waals surface area contributed by atoms with Gasteiger partial charge in [0.05, 0.1) is 13.2 Å². The number of aromatic amines is 1. The standard InChI is InChI=1S/C13H19N3O2/c17-8-7-16(10-12-14-5-6-15-12)13(18)9-11-3-1-2-4-11/h3,5-6,17H,1-2,4,7-10H2,(H,14,15). The molecule has 1 aromatic heterocycles. The molecular weight excluding hydrogens is 230 g/mol. The summed E-state index contributed by atoms with van der Waals surface area (Å²) in [5.41, 5.74) is 1.22. The largest absolute Gasteiger partial charge is 0.395 e. The van der Waals surface area contributed by atoms with Crippen LogP contribution in [0.1, 0.15) is 31.5 Å². The third-order valence-electron chi connectivity index (χ3n) is 3.13. The number of hydrogen-bond acceptors (Lipinski definition) is 3. The maximum absolute atomic E-state index is 12.1. The Morgan fingerprint density at radius 3 is 3.06 bits per heavy atom. The van der Waals surface area contributed by atoms with Gasteiger partial charge in [-0.1, -0.05) is 11.6 Å². The number of carbonyl (C=O) groups excluding carboxylic acids is 1. The third-order valence-corrected chi connectivity index (χ3v) is 3.13. The second-order valence-corrected chi connectivity index (χ2v) is 4.51. The van der Waals surface area contributed by atoms with Crippen molar-refractivity contribution >= 4 is 5.91 Å². The molecule has 1 amide bonds. The fourth-order valence-electron chi connectivity index (χ4n) is 2.18. The van der Waals surface area contributed by atoms with E-state index in [0.29, 0.717) is 19.5 Å². The van der Waals surface area contributed by atoms with Crippen LogP contribution < -0.4 is 0 Å². The van der Waals surface area contributed by atoms with Gasteiger partial charge in [0.2, 0.25) is 5.91 Å². The van der Waals surface area contributed by atoms with Gasteiger partial charge in [0.15, 0.2) is 0 Å². The van der Waals surface area contributed by atoms with Crippen LogP contribution >= 0.6 is 0 Å². The molecule has 0 fully saturated rings. The summed E-state index contributed by atoms with van der Waals surface area (Å²) in [4.78, 5) is 20.9. The van der Waals surface area contributed by atoms with Crippen LogP contribution in [0.15, 0.2) is 24.0 Å². The van der Waals surface area contributed by atoms with E-state index in [9.17, 15) is 4.79 Å². The first kappa shape index (κ1) is 12.8. The van der Waals surface area contributed by atoms with Crippen molar-refractivity contribution < 1.29 is 9.90 Å². The zero-order valence-corrected chi connectivity index (χ0v) is 10.4. The average Bonchev–Trinajstić information content (AvgIpc) is 3.01. The molecule has 0 saturated carbocycles. The number of H-pyrrole nitrogens is 1. The molecule has 18 heavy (non-hydrogen) atoms. The molecule has 0 saturated heterocycles. The number of aliphatic hydroxyl groups is 1. The summed E-state index contributed by atoms with van der Waals surface area (Å²) in [5, 5.41) is 9.04. The van der Waals surface area contributed by atoms with Crippen molar-refractivity contribution in [3.63, 3.8) is 0 Å². The quantitative estimate of drug-likeness (QED) is 0.745. The van der Waals surface area contributed by atoms with Crippen LogP contribution in [0.4, 0.5) is 0 Å². The third kappa shape index (κ3) is 3.43. The number of allylic oxidation sites excluding steroid dienone is 1. The van der Waals surface area contributed by atoms with Gasteiger partial charge in [-0.2, -0.15) is 0 Å². The Hall–Kier alpha value is -1.62. The Morgan fingerprint density at radius 1 is 1.56 bits per heavy atom. The van der Waals surface area contributed by atoms with E-state index in [2.05, 4.69) is 16.0 Å². The minimum absolute atomic E-state index is 0.0223. The summed E-state index contributed by atoms with van der Waals surface area (Å²) >= 11 is 0. The number of aliphatic hydroxyl groups excluding tert-OH is 1. The van der Waals surface area contributed by atoms with Gasteiger partial charge in [-0.25, -0.2) is 4.98 Å². The lowest BCUT2D eigenvalue weighted by molar-refractivity contribution is -0.131. The highest BCUT2D eigenvalue weighted by Crippen LogP contribution is 2.21. The number of nitrogens with zero attached hydrogens (tertiary/aromatic N) is 2. The van der Waals surface area contributed by atoms with E-state index in [0.717, 1.165) is 25.1 Å². The van der Waals surface area contributed by atoms with Gasteiger partial charge in [-0.15, -0.1) is 0 Å². The van der Waals surface area contributed by atoms with Crippen LogP contribution in [0, 0.1) is 0 Å². The van der Waals surface area contributed by atoms with Crippen molar-refractivity contribution in [3.05, 3.63) is 29.9 Å². The highest BCUT2D eigenvalue weighted by atomic mass is 16.3. The molecule has 5 nitrogen and oxygen atoms in total. The first-order valence-electron chi connectivity index (χ1n) is 6.34. The fraction of sp³-hybridized carbons (Fsp3) is 0.538. The van der Waals surface area contributed by atoms with Gasteiger partial charge >= 0.3 is 0 Å². The zero-order chi connectivity index (χ0) is 12.8. The highest BCUT2D eigenvalue weighted by molar-refractivity contribution is 5.78. The second-order valence-electron chi connectivity index (χ2n) is 4.51. The van der Waals surface area contributed by atoms with Gasteiger partial charge in [0.25, 0.3) is 0 Å². The predicted molar refractivity (Wildman–Crippen MR) is 67.6 cm³/mol.